The molecule has 0 aromatic carbocycles. The first-order valence-corrected chi connectivity index (χ1v) is 6.14. The third-order valence-electron chi connectivity index (χ3n) is 2.12. The van der Waals surface area contributed by atoms with Crippen LogP contribution >= 0.6 is 11.8 Å². The first-order valence-electron chi connectivity index (χ1n) is 5.16. The van der Waals surface area contributed by atoms with Crippen LogP contribution in [0.4, 0.5) is 0 Å². The van der Waals surface area contributed by atoms with Gasteiger partial charge in [0, 0.05) is 22.6 Å². The molecule has 1 N–H and O–H groups in total. The Bertz CT molecular complexity index is 136. The molecule has 1 nitrogen and oxygen atoms in total. The maximum absolute atomic E-state index is 3.56. The monoisotopic (exact) mass is 203 g/mol. The zero-order chi connectivity index (χ0) is 10.5. The maximum Gasteiger partial charge on any atom is 0.0122 e. The van der Waals surface area contributed by atoms with Gasteiger partial charge in [-0.15, -0.1) is 0 Å². The predicted molar refractivity (Wildman–Crippen MR) is 64.6 cm³/mol. The summed E-state index contributed by atoms with van der Waals surface area (Å²) in [6.45, 7) is 14.7. The molecule has 0 aromatic heterocycles. The molecule has 0 saturated heterocycles. The van der Waals surface area contributed by atoms with Crippen LogP contribution in [-0.2, 0) is 0 Å². The Morgan fingerprint density at radius 1 is 1.08 bits per heavy atom. The highest BCUT2D eigenvalue weighted by Crippen LogP contribution is 2.22. The highest BCUT2D eigenvalue weighted by molar-refractivity contribution is 8.00. The molecule has 0 heterocycles. The van der Waals surface area contributed by atoms with Crippen molar-refractivity contribution in [2.24, 2.45) is 0 Å². The first-order chi connectivity index (χ1) is 5.77. The van der Waals surface area contributed by atoms with Gasteiger partial charge in [0.05, 0.1) is 0 Å². The molecule has 0 rings (SSSR count). The molecule has 0 saturated carbocycles. The average molecular weight is 203 g/mol. The molecule has 0 aliphatic rings. The first kappa shape index (κ1) is 13.3. The molecule has 0 aromatic rings. The molecule has 0 amide bonds. The van der Waals surface area contributed by atoms with Gasteiger partial charge in [0.1, 0.15) is 0 Å². The van der Waals surface area contributed by atoms with Gasteiger partial charge in [-0.25, -0.2) is 0 Å². The second-order valence-corrected chi connectivity index (χ2v) is 7.05. The summed E-state index contributed by atoms with van der Waals surface area (Å²) in [5.74, 6) is 1.20. The Morgan fingerprint density at radius 3 is 2.00 bits per heavy atom. The zero-order valence-electron chi connectivity index (χ0n) is 10.0. The van der Waals surface area contributed by atoms with Gasteiger partial charge < -0.3 is 5.32 Å². The molecule has 0 aliphatic carbocycles. The van der Waals surface area contributed by atoms with Crippen LogP contribution in [0.5, 0.6) is 0 Å². The average Bonchev–Trinajstić information content (AvgIpc) is 1.97. The van der Waals surface area contributed by atoms with E-state index in [0.29, 0.717) is 10.3 Å². The van der Waals surface area contributed by atoms with Crippen LogP contribution in [0.3, 0.4) is 0 Å². The van der Waals surface area contributed by atoms with Crippen molar-refractivity contribution >= 4 is 11.8 Å². The summed E-state index contributed by atoms with van der Waals surface area (Å²) in [4.78, 5) is 0. The van der Waals surface area contributed by atoms with Gasteiger partial charge in [0.25, 0.3) is 0 Å². The molecule has 80 valence electrons. The van der Waals surface area contributed by atoms with Crippen LogP contribution in [0.15, 0.2) is 0 Å². The standard InChI is InChI=1S/C11H25NS/c1-7-11(5,6)12-8-9-13-10(2,3)4/h12H,7-9H2,1-6H3. The Kier molecular flexibility index (Phi) is 5.38. The fraction of sp³-hybridized carbons (Fsp3) is 1.00. The summed E-state index contributed by atoms with van der Waals surface area (Å²) in [5.41, 5.74) is 0.304. The van der Waals surface area contributed by atoms with E-state index in [9.17, 15) is 0 Å². The quantitative estimate of drug-likeness (QED) is 0.688. The molecule has 0 radical (unpaired) electrons. The van der Waals surface area contributed by atoms with Crippen LogP contribution in [0.1, 0.15) is 48.0 Å². The van der Waals surface area contributed by atoms with E-state index in [2.05, 4.69) is 46.9 Å². The van der Waals surface area contributed by atoms with E-state index in [-0.39, 0.29) is 0 Å². The molecule has 0 fully saturated rings. The van der Waals surface area contributed by atoms with Crippen molar-refractivity contribution < 1.29 is 0 Å². The van der Waals surface area contributed by atoms with E-state index < -0.39 is 0 Å². The minimum absolute atomic E-state index is 0.304. The number of hydrogen-bond acceptors (Lipinski definition) is 2. The van der Waals surface area contributed by atoms with E-state index >= 15 is 0 Å². The lowest BCUT2D eigenvalue weighted by atomic mass is 10.0. The smallest absolute Gasteiger partial charge is 0.0122 e. The molecular formula is C11H25NS. The Labute approximate surface area is 88.1 Å². The van der Waals surface area contributed by atoms with Crippen LogP contribution in [0, 0.1) is 0 Å². The molecule has 0 spiro atoms. The van der Waals surface area contributed by atoms with Gasteiger partial charge in [-0.2, -0.15) is 11.8 Å². The predicted octanol–water partition coefficient (Wildman–Crippen LogP) is 3.30. The second kappa shape index (κ2) is 5.26. The molecule has 0 atom stereocenters. The summed E-state index contributed by atoms with van der Waals surface area (Å²) in [5, 5.41) is 3.56. The van der Waals surface area contributed by atoms with E-state index in [4.69, 9.17) is 0 Å². The van der Waals surface area contributed by atoms with Crippen molar-refractivity contribution in [2.45, 2.75) is 58.2 Å². The molecule has 0 aliphatic heterocycles. The summed E-state index contributed by atoms with van der Waals surface area (Å²) in [6, 6.07) is 0. The Morgan fingerprint density at radius 2 is 1.62 bits per heavy atom. The third kappa shape index (κ3) is 8.63. The molecular weight excluding hydrogens is 178 g/mol. The topological polar surface area (TPSA) is 12.0 Å². The number of thioether (sulfide) groups is 1. The summed E-state index contributed by atoms with van der Waals surface area (Å²) in [7, 11) is 0. The largest absolute Gasteiger partial charge is 0.311 e. The Balaban J connectivity index is 3.47. The van der Waals surface area contributed by atoms with Gasteiger partial charge in [0.15, 0.2) is 0 Å². The van der Waals surface area contributed by atoms with E-state index in [1.54, 1.807) is 0 Å². The van der Waals surface area contributed by atoms with Gasteiger partial charge in [-0.1, -0.05) is 27.7 Å². The summed E-state index contributed by atoms with van der Waals surface area (Å²) < 4.78 is 0.401. The number of nitrogens with one attached hydrogen (secondary N) is 1. The van der Waals surface area contributed by atoms with E-state index in [1.165, 1.54) is 12.2 Å². The lowest BCUT2D eigenvalue weighted by molar-refractivity contribution is 0.388. The summed E-state index contributed by atoms with van der Waals surface area (Å²) in [6.07, 6.45) is 1.19. The van der Waals surface area contributed by atoms with E-state index in [1.807, 2.05) is 11.8 Å². The van der Waals surface area contributed by atoms with Crippen molar-refractivity contribution in [3.63, 3.8) is 0 Å². The molecule has 2 heteroatoms. The SMILES string of the molecule is CCC(C)(C)NCCSC(C)(C)C. The van der Waals surface area contributed by atoms with Crippen molar-refractivity contribution in [1.82, 2.24) is 5.32 Å². The summed E-state index contributed by atoms with van der Waals surface area (Å²) >= 11 is 2.02. The fourth-order valence-electron chi connectivity index (χ4n) is 0.872. The van der Waals surface area contributed by atoms with Crippen molar-refractivity contribution in [3.8, 4) is 0 Å². The van der Waals surface area contributed by atoms with Gasteiger partial charge >= 0.3 is 0 Å². The van der Waals surface area contributed by atoms with E-state index in [0.717, 1.165) is 6.54 Å². The van der Waals surface area contributed by atoms with Crippen molar-refractivity contribution in [3.05, 3.63) is 0 Å². The fourth-order valence-corrected chi connectivity index (χ4v) is 1.69. The molecule has 0 unspecified atom stereocenters. The zero-order valence-corrected chi connectivity index (χ0v) is 10.8. The van der Waals surface area contributed by atoms with Crippen LogP contribution < -0.4 is 5.32 Å². The van der Waals surface area contributed by atoms with Gasteiger partial charge in [0.2, 0.25) is 0 Å². The maximum atomic E-state index is 3.56. The normalized spacial score (nSPS) is 13.4. The highest BCUT2D eigenvalue weighted by atomic mass is 32.2. The third-order valence-corrected chi connectivity index (χ3v) is 3.40. The van der Waals surface area contributed by atoms with Crippen LogP contribution in [0.25, 0.3) is 0 Å². The minimum atomic E-state index is 0.304. The highest BCUT2D eigenvalue weighted by Gasteiger charge is 2.14. The Hall–Kier alpha value is 0.310. The van der Waals surface area contributed by atoms with Crippen LogP contribution in [-0.4, -0.2) is 22.6 Å². The van der Waals surface area contributed by atoms with Crippen LogP contribution in [0.2, 0.25) is 0 Å². The van der Waals surface area contributed by atoms with Crippen molar-refractivity contribution in [1.29, 1.82) is 0 Å². The lowest BCUT2D eigenvalue weighted by Gasteiger charge is -2.25. The van der Waals surface area contributed by atoms with Gasteiger partial charge in [-0.05, 0) is 20.3 Å². The van der Waals surface area contributed by atoms with Crippen molar-refractivity contribution in [2.75, 3.05) is 12.3 Å². The molecule has 0 bridgehead atoms. The minimum Gasteiger partial charge on any atom is -0.311 e. The second-order valence-electron chi connectivity index (χ2n) is 5.13. The van der Waals surface area contributed by atoms with Gasteiger partial charge in [-0.3, -0.25) is 0 Å². The number of rotatable bonds is 5. The number of hydrogen-bond donors (Lipinski definition) is 1. The molecule has 13 heavy (non-hydrogen) atoms. The lowest BCUT2D eigenvalue weighted by Crippen LogP contribution is -2.40.